The number of aromatic amines is 1. The predicted octanol–water partition coefficient (Wildman–Crippen LogP) is 2.94. The lowest BCUT2D eigenvalue weighted by Crippen LogP contribution is -2.51. The molecule has 2 N–H and O–H groups in total. The summed E-state index contributed by atoms with van der Waals surface area (Å²) in [6.45, 7) is 8.01. The molecule has 0 spiro atoms. The minimum Gasteiger partial charge on any atom is -0.341 e. The van der Waals surface area contributed by atoms with Crippen molar-refractivity contribution in [2.75, 3.05) is 13.6 Å². The molecular formula is C17H26N4. The number of fused-ring (bicyclic) bond motifs is 1. The molecule has 4 unspecified atom stereocenters. The van der Waals surface area contributed by atoms with Crippen LogP contribution in [0.15, 0.2) is 24.3 Å². The Balaban J connectivity index is 1.72. The molecule has 0 saturated carbocycles. The summed E-state index contributed by atoms with van der Waals surface area (Å²) in [4.78, 5) is 10.6. The van der Waals surface area contributed by atoms with Crippen LogP contribution < -0.4 is 5.32 Å². The number of H-pyrrole nitrogens is 1. The highest BCUT2D eigenvalue weighted by molar-refractivity contribution is 5.74. The van der Waals surface area contributed by atoms with Crippen LogP contribution in [0, 0.1) is 5.92 Å². The molecule has 114 valence electrons. The molecule has 1 aliphatic heterocycles. The first-order chi connectivity index (χ1) is 10.0. The normalized spacial score (nSPS) is 28.9. The van der Waals surface area contributed by atoms with E-state index in [1.165, 1.54) is 6.42 Å². The van der Waals surface area contributed by atoms with Gasteiger partial charge >= 0.3 is 0 Å². The quantitative estimate of drug-likeness (QED) is 0.912. The van der Waals surface area contributed by atoms with E-state index in [9.17, 15) is 0 Å². The van der Waals surface area contributed by atoms with Gasteiger partial charge < -0.3 is 15.2 Å². The summed E-state index contributed by atoms with van der Waals surface area (Å²) in [6.07, 6.45) is 1.20. The van der Waals surface area contributed by atoms with Crippen molar-refractivity contribution in [1.82, 2.24) is 20.2 Å². The first-order valence-electron chi connectivity index (χ1n) is 7.95. The molecule has 2 aromatic rings. The van der Waals surface area contributed by atoms with Gasteiger partial charge in [0, 0.05) is 18.6 Å². The molecule has 1 aromatic heterocycles. The first-order valence-corrected chi connectivity index (χ1v) is 7.95. The van der Waals surface area contributed by atoms with E-state index in [4.69, 9.17) is 4.98 Å². The van der Waals surface area contributed by atoms with Crippen LogP contribution in [0.25, 0.3) is 11.0 Å². The Bertz CT molecular complexity index is 573. The van der Waals surface area contributed by atoms with Crippen molar-refractivity contribution in [1.29, 1.82) is 0 Å². The minimum absolute atomic E-state index is 0.250. The molecule has 0 aliphatic carbocycles. The Labute approximate surface area is 126 Å². The maximum Gasteiger partial charge on any atom is 0.124 e. The summed E-state index contributed by atoms with van der Waals surface area (Å²) in [5, 5.41) is 3.78. The van der Waals surface area contributed by atoms with E-state index < -0.39 is 0 Å². The zero-order chi connectivity index (χ0) is 15.0. The number of imidazole rings is 1. The summed E-state index contributed by atoms with van der Waals surface area (Å²) < 4.78 is 0. The van der Waals surface area contributed by atoms with Gasteiger partial charge in [0.1, 0.15) is 5.82 Å². The van der Waals surface area contributed by atoms with Gasteiger partial charge in [0.05, 0.1) is 17.1 Å². The Morgan fingerprint density at radius 1 is 1.33 bits per heavy atom. The summed E-state index contributed by atoms with van der Waals surface area (Å²) >= 11 is 0. The van der Waals surface area contributed by atoms with Gasteiger partial charge in [0.2, 0.25) is 0 Å². The number of likely N-dealkylation sites (tertiary alicyclic amines) is 1. The average molecular weight is 286 g/mol. The minimum atomic E-state index is 0.250. The van der Waals surface area contributed by atoms with Crippen LogP contribution in [0.4, 0.5) is 0 Å². The number of aromatic nitrogens is 2. The molecule has 4 nitrogen and oxygen atoms in total. The number of nitrogens with zero attached hydrogens (tertiary/aromatic N) is 2. The van der Waals surface area contributed by atoms with Crippen LogP contribution >= 0.6 is 0 Å². The average Bonchev–Trinajstić information content (AvgIpc) is 2.88. The van der Waals surface area contributed by atoms with Crippen LogP contribution in [-0.4, -0.2) is 40.5 Å². The number of benzene rings is 1. The van der Waals surface area contributed by atoms with E-state index in [2.05, 4.69) is 55.2 Å². The summed E-state index contributed by atoms with van der Waals surface area (Å²) in [5.41, 5.74) is 2.16. The van der Waals surface area contributed by atoms with Crippen molar-refractivity contribution in [3.8, 4) is 0 Å². The zero-order valence-corrected chi connectivity index (χ0v) is 13.4. The second-order valence-electron chi connectivity index (χ2n) is 6.64. The van der Waals surface area contributed by atoms with Crippen LogP contribution in [-0.2, 0) is 0 Å². The van der Waals surface area contributed by atoms with Crippen LogP contribution in [0.5, 0.6) is 0 Å². The van der Waals surface area contributed by atoms with Crippen LogP contribution in [0.1, 0.15) is 39.1 Å². The lowest BCUT2D eigenvalue weighted by atomic mass is 9.89. The van der Waals surface area contributed by atoms with Crippen molar-refractivity contribution in [2.24, 2.45) is 5.92 Å². The first kappa shape index (κ1) is 14.5. The molecule has 0 bridgehead atoms. The highest BCUT2D eigenvalue weighted by atomic mass is 15.2. The SMILES string of the molecule is CC(NC1CC(C)N(C)CC1C)c1nc2ccccc2[nH]1. The number of rotatable bonds is 3. The summed E-state index contributed by atoms with van der Waals surface area (Å²) in [5.74, 6) is 1.70. The van der Waals surface area contributed by atoms with E-state index in [0.29, 0.717) is 18.0 Å². The lowest BCUT2D eigenvalue weighted by Gasteiger charge is -2.41. The largest absolute Gasteiger partial charge is 0.341 e. The van der Waals surface area contributed by atoms with E-state index in [1.807, 2.05) is 12.1 Å². The molecule has 4 atom stereocenters. The standard InChI is InChI=1S/C17H26N4/c1-11-10-21(4)12(2)9-16(11)18-13(3)17-19-14-7-5-6-8-15(14)20-17/h5-8,11-13,16,18H,9-10H2,1-4H3,(H,19,20). The van der Waals surface area contributed by atoms with Crippen molar-refractivity contribution in [3.05, 3.63) is 30.1 Å². The third kappa shape index (κ3) is 2.97. The summed E-state index contributed by atoms with van der Waals surface area (Å²) in [6, 6.07) is 9.66. The Morgan fingerprint density at radius 3 is 2.86 bits per heavy atom. The molecule has 2 heterocycles. The third-order valence-corrected chi connectivity index (χ3v) is 4.89. The van der Waals surface area contributed by atoms with E-state index in [-0.39, 0.29) is 6.04 Å². The molecule has 0 radical (unpaired) electrons. The fourth-order valence-electron chi connectivity index (χ4n) is 3.35. The van der Waals surface area contributed by atoms with Gasteiger partial charge in [-0.05, 0) is 45.4 Å². The van der Waals surface area contributed by atoms with Crippen molar-refractivity contribution in [3.63, 3.8) is 0 Å². The topological polar surface area (TPSA) is 44.0 Å². The number of hydrogen-bond acceptors (Lipinski definition) is 3. The molecule has 1 aromatic carbocycles. The van der Waals surface area contributed by atoms with E-state index in [0.717, 1.165) is 23.4 Å². The maximum atomic E-state index is 4.71. The third-order valence-electron chi connectivity index (χ3n) is 4.89. The molecule has 1 saturated heterocycles. The maximum absolute atomic E-state index is 4.71. The lowest BCUT2D eigenvalue weighted by molar-refractivity contribution is 0.116. The monoisotopic (exact) mass is 286 g/mol. The Kier molecular flexibility index (Phi) is 4.00. The van der Waals surface area contributed by atoms with E-state index in [1.54, 1.807) is 0 Å². The predicted molar refractivity (Wildman–Crippen MR) is 87.3 cm³/mol. The molecule has 21 heavy (non-hydrogen) atoms. The van der Waals surface area contributed by atoms with Gasteiger partial charge in [0.25, 0.3) is 0 Å². The summed E-state index contributed by atoms with van der Waals surface area (Å²) in [7, 11) is 2.22. The molecule has 1 aliphatic rings. The van der Waals surface area contributed by atoms with Crippen molar-refractivity contribution >= 4 is 11.0 Å². The van der Waals surface area contributed by atoms with Crippen LogP contribution in [0.2, 0.25) is 0 Å². The van der Waals surface area contributed by atoms with Gasteiger partial charge in [-0.15, -0.1) is 0 Å². The zero-order valence-electron chi connectivity index (χ0n) is 13.4. The van der Waals surface area contributed by atoms with Gasteiger partial charge in [-0.25, -0.2) is 4.98 Å². The fourth-order valence-corrected chi connectivity index (χ4v) is 3.35. The number of para-hydroxylation sites is 2. The Hall–Kier alpha value is -1.39. The molecular weight excluding hydrogens is 260 g/mol. The highest BCUT2D eigenvalue weighted by Gasteiger charge is 2.30. The highest BCUT2D eigenvalue weighted by Crippen LogP contribution is 2.24. The molecule has 0 amide bonds. The molecule has 3 rings (SSSR count). The fraction of sp³-hybridized carbons (Fsp3) is 0.588. The number of hydrogen-bond donors (Lipinski definition) is 2. The molecule has 4 heteroatoms. The number of piperidine rings is 1. The molecule has 1 fully saturated rings. The Morgan fingerprint density at radius 2 is 2.10 bits per heavy atom. The number of nitrogens with one attached hydrogen (secondary N) is 2. The second-order valence-corrected chi connectivity index (χ2v) is 6.64. The van der Waals surface area contributed by atoms with Crippen LogP contribution in [0.3, 0.4) is 0 Å². The van der Waals surface area contributed by atoms with Gasteiger partial charge in [-0.3, -0.25) is 0 Å². The van der Waals surface area contributed by atoms with Crippen molar-refractivity contribution < 1.29 is 0 Å². The van der Waals surface area contributed by atoms with E-state index >= 15 is 0 Å². The second kappa shape index (κ2) is 5.78. The van der Waals surface area contributed by atoms with Gasteiger partial charge in [0.15, 0.2) is 0 Å². The van der Waals surface area contributed by atoms with Gasteiger partial charge in [-0.1, -0.05) is 19.1 Å². The van der Waals surface area contributed by atoms with Crippen molar-refractivity contribution in [2.45, 2.75) is 45.3 Å². The smallest absolute Gasteiger partial charge is 0.124 e. The van der Waals surface area contributed by atoms with Gasteiger partial charge in [-0.2, -0.15) is 0 Å².